The smallest absolute Gasteiger partial charge is 0.411 e. The van der Waals surface area contributed by atoms with Gasteiger partial charge in [0, 0.05) is 13.1 Å². The van der Waals surface area contributed by atoms with Crippen LogP contribution in [0.25, 0.3) is 55.1 Å². The number of likely N-dealkylation sites (tertiary alicyclic amines) is 2. The van der Waals surface area contributed by atoms with E-state index in [4.69, 9.17) is 19.4 Å². The van der Waals surface area contributed by atoms with Gasteiger partial charge in [-0.3, -0.25) is 9.80 Å². The minimum absolute atomic E-state index is 0.107. The second kappa shape index (κ2) is 12.5. The van der Waals surface area contributed by atoms with Crippen LogP contribution >= 0.6 is 11.8 Å². The highest BCUT2D eigenvalue weighted by molar-refractivity contribution is 8.08. The second-order valence-electron chi connectivity index (χ2n) is 16.9. The fraction of sp³-hybridized carbons (Fsp3) is 0.395. The average Bonchev–Trinajstić information content (AvgIpc) is 3.64. The zero-order valence-corrected chi connectivity index (χ0v) is 32.5. The Bertz CT molecular complexity index is 2460. The van der Waals surface area contributed by atoms with Crippen LogP contribution in [-0.2, 0) is 9.47 Å². The number of thioether (sulfide) groups is 1. The third kappa shape index (κ3) is 6.36. The van der Waals surface area contributed by atoms with Crippen molar-refractivity contribution in [3.8, 4) is 22.3 Å². The third-order valence-electron chi connectivity index (χ3n) is 10.6. The topological polar surface area (TPSA) is 116 Å². The Morgan fingerprint density at radius 3 is 1.85 bits per heavy atom. The third-order valence-corrected chi connectivity index (χ3v) is 12.3. The number of fused-ring (bicyclic) bond motifs is 3. The lowest BCUT2D eigenvalue weighted by molar-refractivity contribution is 0.0209. The molecule has 10 nitrogen and oxygen atoms in total. The van der Waals surface area contributed by atoms with Crippen LogP contribution in [0.5, 0.6) is 0 Å². The van der Waals surface area contributed by atoms with Crippen molar-refractivity contribution in [1.82, 2.24) is 29.7 Å². The molecule has 3 saturated heterocycles. The average molecular weight is 743 g/mol. The molecule has 3 atom stereocenters. The number of imidazole rings is 2. The number of ether oxygens (including phenoxy) is 2. The van der Waals surface area contributed by atoms with Gasteiger partial charge in [-0.15, -0.1) is 11.8 Å². The highest BCUT2D eigenvalue weighted by Crippen LogP contribution is 2.70. The van der Waals surface area contributed by atoms with E-state index in [0.29, 0.717) is 13.1 Å². The highest BCUT2D eigenvalue weighted by Gasteiger charge is 2.65. The second-order valence-corrected chi connectivity index (χ2v) is 18.3. The van der Waals surface area contributed by atoms with E-state index >= 15 is 0 Å². The number of aromatic amines is 2. The van der Waals surface area contributed by atoms with E-state index < -0.39 is 11.2 Å². The first kappa shape index (κ1) is 34.7. The predicted molar refractivity (Wildman–Crippen MR) is 214 cm³/mol. The Balaban J connectivity index is 0.928. The van der Waals surface area contributed by atoms with Crippen LogP contribution in [0.4, 0.5) is 9.59 Å². The normalized spacial score (nSPS) is 21.5. The summed E-state index contributed by atoms with van der Waals surface area (Å²) in [5.74, 6) is 1.72. The standard InChI is InChI=1S/C43H46N6O4S/c1-41(2,3)52-39(50)48-19-7-9-35(48)37-44-31-16-14-29(23-33(31)46-37)27-12-10-26-22-28(13-11-25(26)21-27)30-15-17-32-34(24-30)47-38(45-32)36-43(54-36)18-8-20-49(43)40(51)53-42(4,5)6/h10-17,21-24,35-36H,7-9,18-20H2,1-6H3,(H,44,46)(H,45,47)/t35-,36?,43-/m0/s1. The largest absolute Gasteiger partial charge is 0.444 e. The predicted octanol–water partition coefficient (Wildman–Crippen LogP) is 10.5. The molecular formula is C43H46N6O4S. The van der Waals surface area contributed by atoms with Crippen molar-refractivity contribution >= 4 is 56.8 Å². The summed E-state index contributed by atoms with van der Waals surface area (Å²) in [6.07, 6.45) is 3.15. The van der Waals surface area contributed by atoms with Gasteiger partial charge in [0.15, 0.2) is 0 Å². The van der Waals surface area contributed by atoms with Gasteiger partial charge in [0.25, 0.3) is 0 Å². The Labute approximate surface area is 319 Å². The zero-order chi connectivity index (χ0) is 37.6. The summed E-state index contributed by atoms with van der Waals surface area (Å²) >= 11 is 1.80. The van der Waals surface area contributed by atoms with E-state index in [2.05, 4.69) is 76.7 Å². The highest BCUT2D eigenvalue weighted by atomic mass is 32.2. The van der Waals surface area contributed by atoms with Crippen molar-refractivity contribution in [2.75, 3.05) is 13.1 Å². The zero-order valence-electron chi connectivity index (χ0n) is 31.7. The van der Waals surface area contributed by atoms with Crippen LogP contribution in [0.1, 0.15) is 90.2 Å². The maximum atomic E-state index is 13.0. The van der Waals surface area contributed by atoms with Crippen molar-refractivity contribution in [2.45, 2.75) is 94.6 Å². The fourth-order valence-electron chi connectivity index (χ4n) is 8.11. The molecule has 0 radical (unpaired) electrons. The van der Waals surface area contributed by atoms with Crippen LogP contribution in [0.15, 0.2) is 72.8 Å². The van der Waals surface area contributed by atoms with Crippen molar-refractivity contribution < 1.29 is 19.1 Å². The first-order valence-electron chi connectivity index (χ1n) is 19.0. The van der Waals surface area contributed by atoms with Crippen molar-refractivity contribution in [3.05, 3.63) is 84.4 Å². The van der Waals surface area contributed by atoms with E-state index in [9.17, 15) is 9.59 Å². The van der Waals surface area contributed by atoms with Crippen LogP contribution in [0, 0.1) is 0 Å². The molecule has 2 N–H and O–H groups in total. The number of H-pyrrole nitrogens is 2. The monoisotopic (exact) mass is 742 g/mol. The summed E-state index contributed by atoms with van der Waals surface area (Å²) in [4.78, 5) is 46.4. The lowest BCUT2D eigenvalue weighted by Gasteiger charge is -2.28. The number of hydrogen-bond acceptors (Lipinski definition) is 7. The molecule has 1 spiro atoms. The van der Waals surface area contributed by atoms with E-state index in [0.717, 1.165) is 92.4 Å². The molecule has 0 saturated carbocycles. The summed E-state index contributed by atoms with van der Waals surface area (Å²) in [6.45, 7) is 12.8. The van der Waals surface area contributed by atoms with Crippen LogP contribution in [-0.4, -0.2) is 71.1 Å². The molecule has 1 unspecified atom stereocenters. The van der Waals surface area contributed by atoms with Crippen LogP contribution < -0.4 is 0 Å². The molecular weight excluding hydrogens is 697 g/mol. The van der Waals surface area contributed by atoms with Crippen molar-refractivity contribution in [1.29, 1.82) is 0 Å². The van der Waals surface area contributed by atoms with Crippen molar-refractivity contribution in [3.63, 3.8) is 0 Å². The Morgan fingerprint density at radius 2 is 1.24 bits per heavy atom. The molecule has 3 aliphatic heterocycles. The number of carbonyl (C=O) groups excluding carboxylic acids is 2. The number of rotatable bonds is 4. The van der Waals surface area contributed by atoms with Crippen LogP contribution in [0.3, 0.4) is 0 Å². The fourth-order valence-corrected chi connectivity index (χ4v) is 9.58. The molecule has 4 aromatic carbocycles. The molecule has 3 aliphatic rings. The Hall–Kier alpha value is -5.03. The minimum Gasteiger partial charge on any atom is -0.444 e. The van der Waals surface area contributed by atoms with Gasteiger partial charge in [-0.05, 0) is 137 Å². The molecule has 5 heterocycles. The first-order chi connectivity index (χ1) is 25.7. The number of aromatic nitrogens is 4. The number of carbonyl (C=O) groups is 2. The van der Waals surface area contributed by atoms with Gasteiger partial charge in [-0.25, -0.2) is 19.6 Å². The number of amides is 2. The summed E-state index contributed by atoms with van der Waals surface area (Å²) in [5, 5.41) is 2.43. The van der Waals surface area contributed by atoms with E-state index in [1.54, 1.807) is 16.7 Å². The molecule has 278 valence electrons. The molecule has 0 bridgehead atoms. The van der Waals surface area contributed by atoms with Gasteiger partial charge in [-0.1, -0.05) is 36.4 Å². The quantitative estimate of drug-likeness (QED) is 0.173. The number of benzene rings is 4. The Morgan fingerprint density at radius 1 is 0.704 bits per heavy atom. The molecule has 6 aromatic rings. The van der Waals surface area contributed by atoms with Crippen molar-refractivity contribution in [2.24, 2.45) is 0 Å². The van der Waals surface area contributed by atoms with E-state index in [-0.39, 0.29) is 28.3 Å². The van der Waals surface area contributed by atoms with Crippen LogP contribution in [0.2, 0.25) is 0 Å². The first-order valence-corrected chi connectivity index (χ1v) is 19.8. The Kier molecular flexibility index (Phi) is 8.04. The molecule has 11 heteroatoms. The summed E-state index contributed by atoms with van der Waals surface area (Å²) in [7, 11) is 0. The number of nitrogens with one attached hydrogen (secondary N) is 2. The minimum atomic E-state index is -0.543. The van der Waals surface area contributed by atoms with Gasteiger partial charge < -0.3 is 19.4 Å². The summed E-state index contributed by atoms with van der Waals surface area (Å²) in [5.41, 5.74) is 7.15. The lowest BCUT2D eigenvalue weighted by atomic mass is 9.97. The SMILES string of the molecule is CC(C)(C)OC(=O)N1CCC[C@H]1c1nc2ccc(-c3ccc4cc(-c5ccc6nc(C7S[C@@]78CCCN8C(=O)OC(C)(C)C)[nH]c6c5)ccc4c3)cc2[nH]1. The molecule has 9 rings (SSSR count). The number of hydrogen-bond donors (Lipinski definition) is 2. The van der Waals surface area contributed by atoms with Gasteiger partial charge in [0.05, 0.1) is 33.4 Å². The maximum Gasteiger partial charge on any atom is 0.411 e. The molecule has 0 aliphatic carbocycles. The summed E-state index contributed by atoms with van der Waals surface area (Å²) < 4.78 is 11.4. The molecule has 3 fully saturated rings. The molecule has 2 amide bonds. The van der Waals surface area contributed by atoms with E-state index in [1.165, 1.54) is 0 Å². The molecule has 54 heavy (non-hydrogen) atoms. The van der Waals surface area contributed by atoms with Gasteiger partial charge in [-0.2, -0.15) is 0 Å². The van der Waals surface area contributed by atoms with E-state index in [1.807, 2.05) is 52.5 Å². The maximum absolute atomic E-state index is 13.0. The lowest BCUT2D eigenvalue weighted by Crippen LogP contribution is -2.41. The van der Waals surface area contributed by atoms with Gasteiger partial charge in [0.2, 0.25) is 0 Å². The van der Waals surface area contributed by atoms with Gasteiger partial charge >= 0.3 is 12.2 Å². The van der Waals surface area contributed by atoms with Gasteiger partial charge in [0.1, 0.15) is 27.7 Å². The number of nitrogens with zero attached hydrogens (tertiary/aromatic N) is 4. The molecule has 2 aromatic heterocycles. The summed E-state index contributed by atoms with van der Waals surface area (Å²) in [6, 6.07) is 25.8.